The Balaban J connectivity index is 1.45. The van der Waals surface area contributed by atoms with Crippen LogP contribution in [0.15, 0.2) is 24.3 Å². The molecule has 0 N–H and O–H groups in total. The fourth-order valence-electron chi connectivity index (χ4n) is 6.08. The topological polar surface area (TPSA) is 20.3 Å². The molecule has 0 unspecified atom stereocenters. The molecule has 4 bridgehead atoms. The number of hydrogen-bond donors (Lipinski definition) is 0. The summed E-state index contributed by atoms with van der Waals surface area (Å²) < 4.78 is 0. The zero-order valence-corrected chi connectivity index (χ0v) is 12.5. The van der Waals surface area contributed by atoms with Gasteiger partial charge in [0.15, 0.2) is 0 Å². The highest BCUT2D eigenvalue weighted by atomic mass is 16.2. The Kier molecular flexibility index (Phi) is 2.54. The molecule has 5 aliphatic rings. The minimum Gasteiger partial charge on any atom is -0.312 e. The summed E-state index contributed by atoms with van der Waals surface area (Å²) in [7, 11) is 0. The van der Waals surface area contributed by atoms with Crippen LogP contribution < -0.4 is 4.90 Å². The van der Waals surface area contributed by atoms with Gasteiger partial charge in [-0.2, -0.15) is 0 Å². The van der Waals surface area contributed by atoms with Crippen LogP contribution in [0.4, 0.5) is 5.69 Å². The molecule has 110 valence electrons. The van der Waals surface area contributed by atoms with Crippen LogP contribution >= 0.6 is 0 Å². The molecule has 0 aromatic heterocycles. The Morgan fingerprint density at radius 1 is 0.952 bits per heavy atom. The lowest BCUT2D eigenvalue weighted by Gasteiger charge is -2.54. The van der Waals surface area contributed by atoms with E-state index in [9.17, 15) is 4.79 Å². The zero-order valence-electron chi connectivity index (χ0n) is 12.5. The van der Waals surface area contributed by atoms with Gasteiger partial charge in [-0.15, -0.1) is 0 Å². The number of hydrogen-bond acceptors (Lipinski definition) is 1. The third-order valence-corrected chi connectivity index (χ3v) is 6.67. The predicted octanol–water partition coefficient (Wildman–Crippen LogP) is 3.65. The molecule has 2 heteroatoms. The van der Waals surface area contributed by atoms with Crippen LogP contribution in [0.1, 0.15) is 37.7 Å². The van der Waals surface area contributed by atoms with Crippen LogP contribution in [-0.2, 0) is 11.2 Å². The van der Waals surface area contributed by atoms with Gasteiger partial charge in [-0.1, -0.05) is 18.2 Å². The fourth-order valence-corrected chi connectivity index (χ4v) is 6.08. The van der Waals surface area contributed by atoms with E-state index >= 15 is 0 Å². The zero-order chi connectivity index (χ0) is 14.0. The summed E-state index contributed by atoms with van der Waals surface area (Å²) in [4.78, 5) is 15.3. The Labute approximate surface area is 126 Å². The van der Waals surface area contributed by atoms with E-state index in [0.717, 1.165) is 24.8 Å². The maximum Gasteiger partial charge on any atom is 0.230 e. The van der Waals surface area contributed by atoms with Gasteiger partial charge in [-0.25, -0.2) is 0 Å². The molecular weight excluding hydrogens is 258 g/mol. The number of para-hydroxylation sites is 1. The van der Waals surface area contributed by atoms with Crippen molar-refractivity contribution in [1.82, 2.24) is 0 Å². The number of carbonyl (C=O) groups is 1. The summed E-state index contributed by atoms with van der Waals surface area (Å²) in [5.74, 6) is 4.07. The van der Waals surface area contributed by atoms with Crippen molar-refractivity contribution in [3.8, 4) is 0 Å². The van der Waals surface area contributed by atoms with Crippen molar-refractivity contribution in [2.75, 3.05) is 11.4 Å². The van der Waals surface area contributed by atoms with Crippen molar-refractivity contribution in [2.24, 2.45) is 29.6 Å². The first kappa shape index (κ1) is 12.3. The van der Waals surface area contributed by atoms with E-state index in [2.05, 4.69) is 29.2 Å². The van der Waals surface area contributed by atoms with Gasteiger partial charge in [0.25, 0.3) is 0 Å². The van der Waals surface area contributed by atoms with Crippen molar-refractivity contribution < 1.29 is 4.79 Å². The Hall–Kier alpha value is -1.31. The highest BCUT2D eigenvalue weighted by molar-refractivity contribution is 5.97. The standard InChI is InChI=1S/C19H23NO/c21-19(20-6-5-14-3-1-2-4-17(14)20)18-15-8-12-7-13(10-15)11-16(18)9-12/h1-4,12-13,15-16,18H,5-11H2/t12-,13+,15-,16-,18?. The molecule has 1 amide bonds. The minimum absolute atomic E-state index is 0.337. The van der Waals surface area contributed by atoms with E-state index in [-0.39, 0.29) is 0 Å². The summed E-state index contributed by atoms with van der Waals surface area (Å²) in [5, 5.41) is 0. The second-order valence-electron chi connectivity index (χ2n) is 7.83. The Morgan fingerprint density at radius 3 is 2.33 bits per heavy atom. The van der Waals surface area contributed by atoms with Gasteiger partial charge in [0.05, 0.1) is 0 Å². The van der Waals surface area contributed by atoms with Crippen LogP contribution in [0.2, 0.25) is 0 Å². The highest BCUT2D eigenvalue weighted by Crippen LogP contribution is 2.57. The van der Waals surface area contributed by atoms with E-state index < -0.39 is 0 Å². The predicted molar refractivity (Wildman–Crippen MR) is 83.0 cm³/mol. The molecular formula is C19H23NO. The van der Waals surface area contributed by atoms with Crippen molar-refractivity contribution in [2.45, 2.75) is 38.5 Å². The van der Waals surface area contributed by atoms with Gasteiger partial charge in [0.2, 0.25) is 5.91 Å². The molecule has 0 radical (unpaired) electrons. The van der Waals surface area contributed by atoms with E-state index in [4.69, 9.17) is 0 Å². The maximum absolute atomic E-state index is 13.2. The lowest BCUT2D eigenvalue weighted by atomic mass is 9.51. The first-order valence-corrected chi connectivity index (χ1v) is 8.69. The van der Waals surface area contributed by atoms with Crippen molar-refractivity contribution in [1.29, 1.82) is 0 Å². The average molecular weight is 281 g/mol. The van der Waals surface area contributed by atoms with Crippen LogP contribution in [0.25, 0.3) is 0 Å². The third kappa shape index (κ3) is 1.74. The molecule has 1 aromatic carbocycles. The number of fused-ring (bicyclic) bond motifs is 1. The highest BCUT2D eigenvalue weighted by Gasteiger charge is 2.52. The van der Waals surface area contributed by atoms with Gasteiger partial charge in [0.1, 0.15) is 0 Å². The van der Waals surface area contributed by atoms with Crippen molar-refractivity contribution >= 4 is 11.6 Å². The molecule has 2 nitrogen and oxygen atoms in total. The number of amides is 1. The summed E-state index contributed by atoms with van der Waals surface area (Å²) in [6, 6.07) is 8.48. The Morgan fingerprint density at radius 2 is 1.62 bits per heavy atom. The number of anilines is 1. The lowest BCUT2D eigenvalue weighted by Crippen LogP contribution is -2.51. The number of benzene rings is 1. The second-order valence-corrected chi connectivity index (χ2v) is 7.83. The van der Waals surface area contributed by atoms with Crippen LogP contribution in [0.5, 0.6) is 0 Å². The quantitative estimate of drug-likeness (QED) is 0.769. The summed E-state index contributed by atoms with van der Waals surface area (Å²) in [6.07, 6.45) is 7.82. The minimum atomic E-state index is 0.337. The number of nitrogens with zero attached hydrogens (tertiary/aromatic N) is 1. The summed E-state index contributed by atoms with van der Waals surface area (Å²) >= 11 is 0. The van der Waals surface area contributed by atoms with E-state index in [1.807, 2.05) is 0 Å². The molecule has 1 aromatic rings. The van der Waals surface area contributed by atoms with E-state index in [1.54, 1.807) is 0 Å². The van der Waals surface area contributed by atoms with Gasteiger partial charge >= 0.3 is 0 Å². The van der Waals surface area contributed by atoms with E-state index in [0.29, 0.717) is 23.7 Å². The third-order valence-electron chi connectivity index (χ3n) is 6.67. The monoisotopic (exact) mass is 281 g/mol. The molecule has 0 saturated heterocycles. The van der Waals surface area contributed by atoms with Gasteiger partial charge in [0, 0.05) is 18.2 Å². The largest absolute Gasteiger partial charge is 0.312 e. The molecule has 21 heavy (non-hydrogen) atoms. The second kappa shape index (κ2) is 4.34. The molecule has 4 aliphatic carbocycles. The molecule has 0 spiro atoms. The lowest BCUT2D eigenvalue weighted by molar-refractivity contribution is -0.135. The van der Waals surface area contributed by atoms with Crippen molar-refractivity contribution in [3.05, 3.63) is 29.8 Å². The normalized spacial score (nSPS) is 39.6. The maximum atomic E-state index is 13.2. The number of carbonyl (C=O) groups excluding carboxylic acids is 1. The van der Waals surface area contributed by atoms with Crippen LogP contribution in [0.3, 0.4) is 0 Å². The average Bonchev–Trinajstić information content (AvgIpc) is 2.89. The molecule has 1 heterocycles. The first-order chi connectivity index (χ1) is 10.3. The van der Waals surface area contributed by atoms with Gasteiger partial charge in [-0.3, -0.25) is 4.79 Å². The Bertz CT molecular complexity index is 565. The molecule has 1 aliphatic heterocycles. The molecule has 0 atom stereocenters. The van der Waals surface area contributed by atoms with E-state index in [1.165, 1.54) is 43.4 Å². The molecule has 4 saturated carbocycles. The fraction of sp³-hybridized carbons (Fsp3) is 0.632. The van der Waals surface area contributed by atoms with Gasteiger partial charge < -0.3 is 4.90 Å². The summed E-state index contributed by atoms with van der Waals surface area (Å²) in [5.41, 5.74) is 2.55. The molecule has 4 fully saturated rings. The smallest absolute Gasteiger partial charge is 0.230 e. The van der Waals surface area contributed by atoms with Crippen LogP contribution in [-0.4, -0.2) is 12.5 Å². The molecule has 6 rings (SSSR count). The summed E-state index contributed by atoms with van der Waals surface area (Å²) in [6.45, 7) is 0.904. The first-order valence-electron chi connectivity index (χ1n) is 8.69. The SMILES string of the molecule is O=C(C1[C@H]2C[C@@H]3C[C@@H](C[C@@H]1C3)C2)N1CCc2ccccc21. The van der Waals surface area contributed by atoms with Gasteiger partial charge in [-0.05, 0) is 73.8 Å². The van der Waals surface area contributed by atoms with Crippen LogP contribution in [0, 0.1) is 29.6 Å². The van der Waals surface area contributed by atoms with Crippen molar-refractivity contribution in [3.63, 3.8) is 0 Å². The number of rotatable bonds is 1.